The van der Waals surface area contributed by atoms with E-state index in [0.717, 1.165) is 0 Å². The molecule has 3 aromatic carbocycles. The highest BCUT2D eigenvalue weighted by Crippen LogP contribution is 2.32. The van der Waals surface area contributed by atoms with Crippen molar-refractivity contribution in [2.75, 3.05) is 0 Å². The second-order valence-electron chi connectivity index (χ2n) is 6.01. The highest BCUT2D eigenvalue weighted by Gasteiger charge is 2.30. The number of carbonyl (C=O) groups is 3. The molecule has 1 N–H and O–H groups in total. The van der Waals surface area contributed by atoms with Gasteiger partial charge in [0.05, 0.1) is 22.4 Å². The summed E-state index contributed by atoms with van der Waals surface area (Å²) in [5.74, 6) is -2.48. The number of fused-ring (bicyclic) bond motifs is 1. The van der Waals surface area contributed by atoms with Crippen LogP contribution >= 0.6 is 0 Å². The minimum Gasteiger partial charge on any atom is -0.505 e. The summed E-state index contributed by atoms with van der Waals surface area (Å²) in [5, 5.41) is 18.1. The van der Waals surface area contributed by atoms with Gasteiger partial charge in [-0.15, -0.1) is 5.11 Å². The summed E-state index contributed by atoms with van der Waals surface area (Å²) in [4.78, 5) is 35.4. The van der Waals surface area contributed by atoms with Crippen molar-refractivity contribution >= 4 is 29.3 Å². The molecule has 0 saturated carbocycles. The van der Waals surface area contributed by atoms with Crippen molar-refractivity contribution < 1.29 is 29.0 Å². The zero-order valence-corrected chi connectivity index (χ0v) is 14.7. The number of phenols is 1. The van der Waals surface area contributed by atoms with E-state index in [2.05, 4.69) is 15.0 Å². The summed E-state index contributed by atoms with van der Waals surface area (Å²) in [6.07, 6.45) is 0. The topological polar surface area (TPSA) is 115 Å². The maximum absolute atomic E-state index is 12.3. The Kier molecular flexibility index (Phi) is 4.58. The molecule has 0 radical (unpaired) electrons. The Hall–Kier alpha value is -4.33. The van der Waals surface area contributed by atoms with E-state index in [4.69, 9.17) is 4.74 Å². The highest BCUT2D eigenvalue weighted by atomic mass is 16.6. The third-order valence-corrected chi connectivity index (χ3v) is 4.07. The molecule has 0 fully saturated rings. The minimum absolute atomic E-state index is 0.00367. The molecule has 0 saturated heterocycles. The lowest BCUT2D eigenvalue weighted by atomic mass is 10.1. The Bertz CT molecular complexity index is 1170. The smallest absolute Gasteiger partial charge is 0.346 e. The van der Waals surface area contributed by atoms with Gasteiger partial charge in [0.15, 0.2) is 0 Å². The molecule has 0 spiro atoms. The van der Waals surface area contributed by atoms with Crippen LogP contribution in [-0.4, -0.2) is 23.0 Å². The van der Waals surface area contributed by atoms with Crippen molar-refractivity contribution in [1.29, 1.82) is 0 Å². The molecule has 0 aliphatic carbocycles. The van der Waals surface area contributed by atoms with E-state index < -0.39 is 17.9 Å². The molecule has 1 aliphatic rings. The Morgan fingerprint density at radius 1 is 0.862 bits per heavy atom. The van der Waals surface area contributed by atoms with Crippen LogP contribution in [0.1, 0.15) is 31.1 Å². The number of nitrogens with zero attached hydrogens (tertiary/aromatic N) is 2. The molecule has 3 aromatic rings. The molecule has 8 nitrogen and oxygen atoms in total. The number of hydrogen-bond donors (Lipinski definition) is 1. The van der Waals surface area contributed by atoms with Crippen LogP contribution in [-0.2, 0) is 4.74 Å². The predicted molar refractivity (Wildman–Crippen MR) is 99.9 cm³/mol. The van der Waals surface area contributed by atoms with Crippen LogP contribution < -0.4 is 4.74 Å². The number of aromatic hydroxyl groups is 1. The first kappa shape index (κ1) is 18.1. The molecule has 0 atom stereocenters. The minimum atomic E-state index is -0.814. The molecule has 4 rings (SSSR count). The largest absolute Gasteiger partial charge is 0.505 e. The third-order valence-electron chi connectivity index (χ3n) is 4.07. The molecular formula is C21H12N2O6. The van der Waals surface area contributed by atoms with Crippen molar-refractivity contribution in [3.63, 3.8) is 0 Å². The van der Waals surface area contributed by atoms with Gasteiger partial charge in [0, 0.05) is 6.07 Å². The quantitative estimate of drug-likeness (QED) is 0.308. The van der Waals surface area contributed by atoms with E-state index >= 15 is 0 Å². The van der Waals surface area contributed by atoms with Gasteiger partial charge >= 0.3 is 17.9 Å². The van der Waals surface area contributed by atoms with Crippen molar-refractivity contribution in [3.05, 3.63) is 83.4 Å². The molecule has 0 aromatic heterocycles. The SMILES string of the molecule is O=C(Oc1ccc(N=Nc2ccccc2)c(O)c1)c1ccc2c(c1)C(=O)OC2=O. The maximum Gasteiger partial charge on any atom is 0.346 e. The average Bonchev–Trinajstić information content (AvgIpc) is 3.01. The fraction of sp³-hybridized carbons (Fsp3) is 0. The van der Waals surface area contributed by atoms with Crippen molar-refractivity contribution in [1.82, 2.24) is 0 Å². The van der Waals surface area contributed by atoms with Gasteiger partial charge in [0.25, 0.3) is 0 Å². The van der Waals surface area contributed by atoms with Crippen LogP contribution in [0, 0.1) is 0 Å². The third kappa shape index (κ3) is 3.72. The van der Waals surface area contributed by atoms with Crippen LogP contribution in [0.25, 0.3) is 0 Å². The summed E-state index contributed by atoms with van der Waals surface area (Å²) in [5.41, 5.74) is 0.979. The second-order valence-corrected chi connectivity index (χ2v) is 6.01. The van der Waals surface area contributed by atoms with E-state index in [-0.39, 0.29) is 33.9 Å². The van der Waals surface area contributed by atoms with E-state index in [1.54, 1.807) is 12.1 Å². The van der Waals surface area contributed by atoms with E-state index in [1.165, 1.54) is 36.4 Å². The summed E-state index contributed by atoms with van der Waals surface area (Å²) < 4.78 is 9.70. The zero-order valence-electron chi connectivity index (χ0n) is 14.7. The standard InChI is InChI=1S/C21H12N2O6/c24-18-11-14(7-9-17(18)23-22-13-4-2-1-3-5-13)28-19(25)12-6-8-15-16(10-12)21(27)29-20(15)26/h1-11,24H. The number of phenolic OH excluding ortho intramolecular Hbond substituents is 1. The van der Waals surface area contributed by atoms with E-state index in [0.29, 0.717) is 5.69 Å². The Morgan fingerprint density at radius 3 is 2.38 bits per heavy atom. The highest BCUT2D eigenvalue weighted by molar-refractivity contribution is 6.15. The summed E-state index contributed by atoms with van der Waals surface area (Å²) in [6.45, 7) is 0. The molecule has 0 unspecified atom stereocenters. The normalized spacial score (nSPS) is 12.7. The first-order valence-electron chi connectivity index (χ1n) is 8.44. The lowest BCUT2D eigenvalue weighted by molar-refractivity contribution is 0.0443. The second kappa shape index (κ2) is 7.35. The van der Waals surface area contributed by atoms with Gasteiger partial charge in [-0.3, -0.25) is 0 Å². The summed E-state index contributed by atoms with van der Waals surface area (Å²) in [7, 11) is 0. The Balaban J connectivity index is 1.50. The van der Waals surface area contributed by atoms with Crippen molar-refractivity contribution in [2.24, 2.45) is 10.2 Å². The van der Waals surface area contributed by atoms with Crippen LogP contribution in [0.15, 0.2) is 77.0 Å². The van der Waals surface area contributed by atoms with Gasteiger partial charge in [0.2, 0.25) is 0 Å². The molecule has 1 aliphatic heterocycles. The van der Waals surface area contributed by atoms with Crippen LogP contribution in [0.4, 0.5) is 11.4 Å². The van der Waals surface area contributed by atoms with Crippen LogP contribution in [0.2, 0.25) is 0 Å². The summed E-state index contributed by atoms with van der Waals surface area (Å²) >= 11 is 0. The van der Waals surface area contributed by atoms with Crippen molar-refractivity contribution in [2.45, 2.75) is 0 Å². The van der Waals surface area contributed by atoms with E-state index in [1.807, 2.05) is 18.2 Å². The van der Waals surface area contributed by atoms with Gasteiger partial charge in [-0.1, -0.05) is 18.2 Å². The molecule has 0 amide bonds. The number of rotatable bonds is 4. The van der Waals surface area contributed by atoms with Gasteiger partial charge in [-0.2, -0.15) is 5.11 Å². The predicted octanol–water partition coefficient (Wildman–Crippen LogP) is 4.34. The molecular weight excluding hydrogens is 376 g/mol. The Morgan fingerprint density at radius 2 is 1.62 bits per heavy atom. The molecule has 1 heterocycles. The maximum atomic E-state index is 12.3. The van der Waals surface area contributed by atoms with Gasteiger partial charge < -0.3 is 14.6 Å². The fourth-order valence-corrected chi connectivity index (χ4v) is 2.64. The van der Waals surface area contributed by atoms with Gasteiger partial charge in [0.1, 0.15) is 17.2 Å². The zero-order chi connectivity index (χ0) is 20.4. The summed E-state index contributed by atoms with van der Waals surface area (Å²) in [6, 6.07) is 17.0. The number of carbonyl (C=O) groups excluding carboxylic acids is 3. The molecule has 29 heavy (non-hydrogen) atoms. The van der Waals surface area contributed by atoms with E-state index in [9.17, 15) is 19.5 Å². The number of ether oxygens (including phenoxy) is 2. The molecule has 8 heteroatoms. The molecule has 0 bridgehead atoms. The lowest BCUT2D eigenvalue weighted by Gasteiger charge is -2.06. The fourth-order valence-electron chi connectivity index (χ4n) is 2.64. The number of benzene rings is 3. The monoisotopic (exact) mass is 388 g/mol. The van der Waals surface area contributed by atoms with Crippen molar-refractivity contribution in [3.8, 4) is 11.5 Å². The lowest BCUT2D eigenvalue weighted by Crippen LogP contribution is -2.09. The van der Waals surface area contributed by atoms with Crippen LogP contribution in [0.3, 0.4) is 0 Å². The van der Waals surface area contributed by atoms with Gasteiger partial charge in [-0.25, -0.2) is 14.4 Å². The number of esters is 3. The average molecular weight is 388 g/mol. The Labute approximate surface area is 164 Å². The number of cyclic esters (lactones) is 2. The van der Waals surface area contributed by atoms with Gasteiger partial charge in [-0.05, 0) is 42.5 Å². The first-order valence-corrected chi connectivity index (χ1v) is 8.44. The van der Waals surface area contributed by atoms with Crippen LogP contribution in [0.5, 0.6) is 11.5 Å². The number of hydrogen-bond acceptors (Lipinski definition) is 8. The first-order chi connectivity index (χ1) is 14.0. The molecule has 142 valence electrons. The number of azo groups is 1.